The van der Waals surface area contributed by atoms with Gasteiger partial charge in [-0.25, -0.2) is 0 Å². The molecule has 3 N–H and O–H groups in total. The first-order chi connectivity index (χ1) is 7.40. The van der Waals surface area contributed by atoms with Crippen molar-refractivity contribution in [2.45, 2.75) is 58.2 Å². The minimum Gasteiger partial charge on any atom is -0.376 e. The van der Waals surface area contributed by atoms with Gasteiger partial charge in [0.15, 0.2) is 0 Å². The molecule has 1 rings (SSSR count). The van der Waals surface area contributed by atoms with E-state index in [1.807, 2.05) is 27.7 Å². The molecule has 94 valence electrons. The number of ether oxygens (including phenoxy) is 1. The van der Waals surface area contributed by atoms with E-state index in [4.69, 9.17) is 10.5 Å². The highest BCUT2D eigenvalue weighted by atomic mass is 16.5. The Bertz CT molecular complexity index is 257. The van der Waals surface area contributed by atoms with Gasteiger partial charge in [0.25, 0.3) is 0 Å². The van der Waals surface area contributed by atoms with Gasteiger partial charge in [-0.3, -0.25) is 4.79 Å². The fraction of sp³-hybridized carbons (Fsp3) is 0.917. The van der Waals surface area contributed by atoms with Crippen LogP contribution in [0.3, 0.4) is 0 Å². The van der Waals surface area contributed by atoms with E-state index in [2.05, 4.69) is 5.32 Å². The molecule has 4 atom stereocenters. The third-order valence-corrected chi connectivity index (χ3v) is 3.86. The van der Waals surface area contributed by atoms with Gasteiger partial charge in [0.05, 0.1) is 17.7 Å². The number of carbonyl (C=O) groups excluding carboxylic acids is 1. The minimum atomic E-state index is -0.422. The van der Waals surface area contributed by atoms with E-state index in [0.29, 0.717) is 6.61 Å². The lowest BCUT2D eigenvalue weighted by atomic mass is 9.92. The Morgan fingerprint density at radius 2 is 2.31 bits per heavy atom. The molecule has 4 heteroatoms. The monoisotopic (exact) mass is 228 g/mol. The number of hydrogen-bond acceptors (Lipinski definition) is 3. The van der Waals surface area contributed by atoms with E-state index >= 15 is 0 Å². The summed E-state index contributed by atoms with van der Waals surface area (Å²) in [6, 6.07) is -0.422. The second-order valence-corrected chi connectivity index (χ2v) is 5.08. The molecule has 0 aliphatic carbocycles. The zero-order chi connectivity index (χ0) is 12.3. The molecule has 0 aromatic rings. The molecule has 1 aliphatic rings. The molecule has 0 saturated carbocycles. The number of hydrogen-bond donors (Lipinski definition) is 2. The van der Waals surface area contributed by atoms with Gasteiger partial charge in [-0.1, -0.05) is 20.3 Å². The number of nitrogens with two attached hydrogens (primary N) is 1. The molecule has 1 saturated heterocycles. The average molecular weight is 228 g/mol. The topological polar surface area (TPSA) is 64.4 Å². The molecule has 16 heavy (non-hydrogen) atoms. The van der Waals surface area contributed by atoms with Gasteiger partial charge in [0, 0.05) is 6.61 Å². The van der Waals surface area contributed by atoms with Crippen LogP contribution in [-0.4, -0.2) is 30.2 Å². The average Bonchev–Trinajstić information content (AvgIpc) is 2.56. The summed E-state index contributed by atoms with van der Waals surface area (Å²) in [5.41, 5.74) is 5.64. The van der Waals surface area contributed by atoms with E-state index in [1.54, 1.807) is 0 Å². The quantitative estimate of drug-likeness (QED) is 0.755. The molecule has 1 amide bonds. The second-order valence-electron chi connectivity index (χ2n) is 5.08. The van der Waals surface area contributed by atoms with Gasteiger partial charge in [-0.15, -0.1) is 0 Å². The molecule has 3 unspecified atom stereocenters. The van der Waals surface area contributed by atoms with Crippen molar-refractivity contribution in [1.29, 1.82) is 0 Å². The summed E-state index contributed by atoms with van der Waals surface area (Å²) in [6.07, 6.45) is 1.82. The van der Waals surface area contributed by atoms with Crippen LogP contribution in [0.15, 0.2) is 0 Å². The third kappa shape index (κ3) is 2.74. The van der Waals surface area contributed by atoms with Crippen molar-refractivity contribution in [3.8, 4) is 0 Å². The van der Waals surface area contributed by atoms with Crippen molar-refractivity contribution in [3.63, 3.8) is 0 Å². The lowest BCUT2D eigenvalue weighted by molar-refractivity contribution is -0.125. The van der Waals surface area contributed by atoms with Crippen molar-refractivity contribution in [3.05, 3.63) is 0 Å². The highest BCUT2D eigenvalue weighted by Gasteiger charge is 2.39. The molecule has 0 aromatic heterocycles. The fourth-order valence-electron chi connectivity index (χ4n) is 1.88. The molecule has 1 fully saturated rings. The van der Waals surface area contributed by atoms with Gasteiger partial charge in [-0.05, 0) is 26.2 Å². The van der Waals surface area contributed by atoms with Crippen LogP contribution in [0.4, 0.5) is 0 Å². The van der Waals surface area contributed by atoms with Crippen LogP contribution in [0.1, 0.15) is 40.5 Å². The van der Waals surface area contributed by atoms with E-state index in [-0.39, 0.29) is 23.5 Å². The zero-order valence-corrected chi connectivity index (χ0v) is 10.7. The normalized spacial score (nSPS) is 33.4. The lowest BCUT2D eigenvalue weighted by Gasteiger charge is -2.31. The summed E-state index contributed by atoms with van der Waals surface area (Å²) in [4.78, 5) is 12.0. The van der Waals surface area contributed by atoms with Gasteiger partial charge < -0.3 is 15.8 Å². The zero-order valence-electron chi connectivity index (χ0n) is 10.7. The molecular weight excluding hydrogens is 204 g/mol. The smallest absolute Gasteiger partial charge is 0.237 e. The first-order valence-electron chi connectivity index (χ1n) is 6.10. The van der Waals surface area contributed by atoms with Crippen molar-refractivity contribution in [1.82, 2.24) is 5.32 Å². The van der Waals surface area contributed by atoms with Crippen molar-refractivity contribution in [2.75, 3.05) is 6.61 Å². The maximum Gasteiger partial charge on any atom is 0.237 e. The second kappa shape index (κ2) is 5.15. The third-order valence-electron chi connectivity index (χ3n) is 3.86. The van der Waals surface area contributed by atoms with E-state index < -0.39 is 6.04 Å². The SMILES string of the molecule is CCC(C)[C@H](N)C(=O)NC1(C)CCOC1C. The Hall–Kier alpha value is -0.610. The first-order valence-corrected chi connectivity index (χ1v) is 6.10. The fourth-order valence-corrected chi connectivity index (χ4v) is 1.88. The first kappa shape index (κ1) is 13.5. The molecule has 0 spiro atoms. The minimum absolute atomic E-state index is 0.0561. The molecule has 1 aliphatic heterocycles. The van der Waals surface area contributed by atoms with E-state index in [9.17, 15) is 4.79 Å². The Morgan fingerprint density at radius 1 is 1.69 bits per heavy atom. The van der Waals surface area contributed by atoms with Crippen LogP contribution in [0, 0.1) is 5.92 Å². The summed E-state index contributed by atoms with van der Waals surface area (Å²) >= 11 is 0. The van der Waals surface area contributed by atoms with Crippen molar-refractivity contribution in [2.24, 2.45) is 11.7 Å². The Labute approximate surface area is 97.9 Å². The predicted molar refractivity (Wildman–Crippen MR) is 64.0 cm³/mol. The summed E-state index contributed by atoms with van der Waals surface area (Å²) in [6.45, 7) is 8.76. The van der Waals surface area contributed by atoms with Crippen LogP contribution < -0.4 is 11.1 Å². The van der Waals surface area contributed by atoms with Crippen LogP contribution in [0.5, 0.6) is 0 Å². The molecule has 0 radical (unpaired) electrons. The number of nitrogens with one attached hydrogen (secondary N) is 1. The Kier molecular flexibility index (Phi) is 4.33. The standard InChI is InChI=1S/C12H24N2O2/c1-5-8(2)10(13)11(15)14-12(4)6-7-16-9(12)3/h8-10H,5-7,13H2,1-4H3,(H,14,15)/t8?,9?,10-,12?/m0/s1. The Balaban J connectivity index is 2.57. The molecule has 0 aromatic carbocycles. The largest absolute Gasteiger partial charge is 0.376 e. The highest BCUT2D eigenvalue weighted by Crippen LogP contribution is 2.25. The number of carbonyl (C=O) groups is 1. The van der Waals surface area contributed by atoms with Gasteiger partial charge in [-0.2, -0.15) is 0 Å². The molecular formula is C12H24N2O2. The summed E-state index contributed by atoms with van der Waals surface area (Å²) in [5.74, 6) is 0.149. The van der Waals surface area contributed by atoms with E-state index in [0.717, 1.165) is 12.8 Å². The summed E-state index contributed by atoms with van der Waals surface area (Å²) < 4.78 is 5.48. The van der Waals surface area contributed by atoms with Gasteiger partial charge >= 0.3 is 0 Å². The predicted octanol–water partition coefficient (Wildman–Crippen LogP) is 1.04. The van der Waals surface area contributed by atoms with Crippen LogP contribution in [0.2, 0.25) is 0 Å². The highest BCUT2D eigenvalue weighted by molar-refractivity contribution is 5.82. The lowest BCUT2D eigenvalue weighted by Crippen LogP contribution is -2.56. The van der Waals surface area contributed by atoms with Crippen molar-refractivity contribution >= 4 is 5.91 Å². The maximum atomic E-state index is 12.0. The van der Waals surface area contributed by atoms with Crippen molar-refractivity contribution < 1.29 is 9.53 Å². The van der Waals surface area contributed by atoms with Crippen LogP contribution in [-0.2, 0) is 9.53 Å². The molecule has 0 bridgehead atoms. The molecule has 1 heterocycles. The summed E-state index contributed by atoms with van der Waals surface area (Å²) in [5, 5.41) is 3.03. The van der Waals surface area contributed by atoms with Crippen LogP contribution in [0.25, 0.3) is 0 Å². The Morgan fingerprint density at radius 3 is 2.75 bits per heavy atom. The number of amides is 1. The summed E-state index contributed by atoms with van der Waals surface area (Å²) in [7, 11) is 0. The van der Waals surface area contributed by atoms with E-state index in [1.165, 1.54) is 0 Å². The van der Waals surface area contributed by atoms with Gasteiger partial charge in [0.1, 0.15) is 0 Å². The van der Waals surface area contributed by atoms with Gasteiger partial charge in [0.2, 0.25) is 5.91 Å². The number of rotatable bonds is 4. The molecule has 4 nitrogen and oxygen atoms in total. The maximum absolute atomic E-state index is 12.0. The van der Waals surface area contributed by atoms with Crippen LogP contribution >= 0.6 is 0 Å².